The van der Waals surface area contributed by atoms with Crippen LogP contribution in [-0.4, -0.2) is 34.6 Å². The van der Waals surface area contributed by atoms with Crippen LogP contribution in [0.15, 0.2) is 59.5 Å². The highest BCUT2D eigenvalue weighted by atomic mass is 19.4. The van der Waals surface area contributed by atoms with Crippen LogP contribution in [0.1, 0.15) is 24.9 Å². The largest absolute Gasteiger partial charge is 0.573 e. The van der Waals surface area contributed by atoms with Gasteiger partial charge in [-0.3, -0.25) is 9.59 Å². The summed E-state index contributed by atoms with van der Waals surface area (Å²) in [7, 11) is 1.40. The van der Waals surface area contributed by atoms with Gasteiger partial charge in [-0.2, -0.15) is 0 Å². The molecule has 0 spiro atoms. The number of nitrogens with zero attached hydrogens (tertiary/aromatic N) is 1. The maximum Gasteiger partial charge on any atom is 0.573 e. The van der Waals surface area contributed by atoms with E-state index in [1.54, 1.807) is 6.92 Å². The Balaban J connectivity index is 1.95. The molecule has 0 aliphatic rings. The Hall–Kier alpha value is -4.55. The molecule has 9 nitrogen and oxygen atoms in total. The normalized spacial score (nSPS) is 11.9. The van der Waals surface area contributed by atoms with E-state index < -0.39 is 59.4 Å². The number of aryl methyl sites for hydroxylation is 1. The number of halogens is 4. The number of urea groups is 1. The number of ether oxygens (including phenoxy) is 2. The predicted molar refractivity (Wildman–Crippen MR) is 128 cm³/mol. The first-order valence-corrected chi connectivity index (χ1v) is 11.1. The molecule has 0 saturated carbocycles. The summed E-state index contributed by atoms with van der Waals surface area (Å²) >= 11 is 0. The van der Waals surface area contributed by atoms with Crippen molar-refractivity contribution in [3.8, 4) is 22.6 Å². The molecule has 0 radical (unpaired) electrons. The number of benzene rings is 2. The Kier molecular flexibility index (Phi) is 8.61. The number of esters is 1. The molecule has 1 unspecified atom stereocenters. The first kappa shape index (κ1) is 28.0. The number of aromatic hydroxyl groups is 1. The SMILES string of the molecule is CCOC(=O)CC(NC(=O)Nc1c(O)ccn(C)c1=O)c1cc(F)cc(-c2cccc(OC(F)(F)F)c2)c1. The van der Waals surface area contributed by atoms with Gasteiger partial charge in [-0.25, -0.2) is 9.18 Å². The van der Waals surface area contributed by atoms with Crippen LogP contribution >= 0.6 is 0 Å². The maximum atomic E-state index is 14.6. The van der Waals surface area contributed by atoms with Crippen molar-refractivity contribution in [1.29, 1.82) is 0 Å². The van der Waals surface area contributed by atoms with Crippen LogP contribution in [0.5, 0.6) is 11.5 Å². The van der Waals surface area contributed by atoms with Gasteiger partial charge < -0.3 is 29.8 Å². The van der Waals surface area contributed by atoms with Crippen LogP contribution in [0, 0.1) is 5.82 Å². The van der Waals surface area contributed by atoms with E-state index in [-0.39, 0.29) is 23.3 Å². The molecule has 1 atom stereocenters. The summed E-state index contributed by atoms with van der Waals surface area (Å²) < 4.78 is 62.5. The van der Waals surface area contributed by atoms with Crippen LogP contribution in [0.4, 0.5) is 28.0 Å². The van der Waals surface area contributed by atoms with E-state index >= 15 is 0 Å². The van der Waals surface area contributed by atoms with Crippen molar-refractivity contribution in [3.05, 3.63) is 76.5 Å². The first-order valence-electron chi connectivity index (χ1n) is 11.1. The quantitative estimate of drug-likeness (QED) is 0.285. The van der Waals surface area contributed by atoms with Gasteiger partial charge in [-0.1, -0.05) is 12.1 Å². The minimum absolute atomic E-state index is 0.0338. The average molecular weight is 537 g/mol. The number of carbonyl (C=O) groups excluding carboxylic acids is 2. The molecule has 38 heavy (non-hydrogen) atoms. The fourth-order valence-electron chi connectivity index (χ4n) is 3.54. The summed E-state index contributed by atoms with van der Waals surface area (Å²) in [6.45, 7) is 1.60. The molecule has 1 aromatic heterocycles. The molecule has 3 aromatic rings. The molecule has 13 heteroatoms. The molecule has 0 fully saturated rings. The molecular formula is C25H23F4N3O6. The molecule has 0 bridgehead atoms. The van der Waals surface area contributed by atoms with Crippen LogP contribution < -0.4 is 20.9 Å². The maximum absolute atomic E-state index is 14.6. The summed E-state index contributed by atoms with van der Waals surface area (Å²) in [6.07, 6.45) is -4.09. The summed E-state index contributed by atoms with van der Waals surface area (Å²) in [5, 5.41) is 14.6. The number of pyridine rings is 1. The number of hydrogen-bond acceptors (Lipinski definition) is 6. The lowest BCUT2D eigenvalue weighted by atomic mass is 9.97. The number of anilines is 1. The molecule has 0 aliphatic heterocycles. The van der Waals surface area contributed by atoms with E-state index in [0.717, 1.165) is 28.8 Å². The third-order valence-electron chi connectivity index (χ3n) is 5.19. The highest BCUT2D eigenvalue weighted by Crippen LogP contribution is 2.31. The highest BCUT2D eigenvalue weighted by molar-refractivity contribution is 5.91. The molecule has 0 saturated heterocycles. The standard InChI is InChI=1S/C25H23F4N3O6/c1-3-37-21(34)13-19(30-24(36)31-22-20(33)7-8-32(2)23(22)35)16-9-15(10-17(26)11-16)14-5-4-6-18(12-14)38-25(27,28)29/h4-12,19,33H,3,13H2,1-2H3,(H2,30,31,36). The van der Waals surface area contributed by atoms with Crippen LogP contribution in [0.25, 0.3) is 11.1 Å². The molecule has 2 aromatic carbocycles. The Morgan fingerprint density at radius 2 is 1.84 bits per heavy atom. The lowest BCUT2D eigenvalue weighted by molar-refractivity contribution is -0.274. The van der Waals surface area contributed by atoms with E-state index in [1.807, 2.05) is 0 Å². The zero-order valence-corrected chi connectivity index (χ0v) is 20.1. The Bertz CT molecular complexity index is 1390. The fraction of sp³-hybridized carbons (Fsp3) is 0.240. The molecule has 2 amide bonds. The summed E-state index contributed by atoms with van der Waals surface area (Å²) in [5.74, 6) is -2.56. The second-order valence-electron chi connectivity index (χ2n) is 8.00. The summed E-state index contributed by atoms with van der Waals surface area (Å²) in [4.78, 5) is 37.2. The number of amides is 2. The third kappa shape index (κ3) is 7.48. The molecule has 0 aliphatic carbocycles. The lowest BCUT2D eigenvalue weighted by Gasteiger charge is -2.20. The van der Waals surface area contributed by atoms with Gasteiger partial charge in [-0.15, -0.1) is 13.2 Å². The second-order valence-corrected chi connectivity index (χ2v) is 8.00. The van der Waals surface area contributed by atoms with Gasteiger partial charge >= 0.3 is 18.4 Å². The predicted octanol–water partition coefficient (Wildman–Crippen LogP) is 4.61. The molecule has 3 rings (SSSR count). The number of rotatable bonds is 8. The van der Waals surface area contributed by atoms with Crippen molar-refractivity contribution in [2.75, 3.05) is 11.9 Å². The summed E-state index contributed by atoms with van der Waals surface area (Å²) in [5.41, 5.74) is -0.752. The minimum atomic E-state index is -4.93. The van der Waals surface area contributed by atoms with Crippen molar-refractivity contribution in [2.45, 2.75) is 25.7 Å². The van der Waals surface area contributed by atoms with E-state index in [0.29, 0.717) is 0 Å². The fourth-order valence-corrected chi connectivity index (χ4v) is 3.54. The Morgan fingerprint density at radius 3 is 2.53 bits per heavy atom. The number of nitrogens with one attached hydrogen (secondary N) is 2. The van der Waals surface area contributed by atoms with Crippen LogP contribution in [0.2, 0.25) is 0 Å². The monoisotopic (exact) mass is 537 g/mol. The van der Waals surface area contributed by atoms with Crippen molar-refractivity contribution in [1.82, 2.24) is 9.88 Å². The number of carbonyl (C=O) groups is 2. The van der Waals surface area contributed by atoms with E-state index in [1.165, 1.54) is 37.5 Å². The molecule has 202 valence electrons. The Labute approximate surface area is 213 Å². The lowest BCUT2D eigenvalue weighted by Crippen LogP contribution is -2.36. The average Bonchev–Trinajstić information content (AvgIpc) is 2.83. The van der Waals surface area contributed by atoms with Crippen molar-refractivity contribution in [2.24, 2.45) is 7.05 Å². The smallest absolute Gasteiger partial charge is 0.505 e. The van der Waals surface area contributed by atoms with Gasteiger partial charge in [-0.05, 0) is 60.0 Å². The van der Waals surface area contributed by atoms with Crippen LogP contribution in [0.3, 0.4) is 0 Å². The van der Waals surface area contributed by atoms with Crippen LogP contribution in [-0.2, 0) is 16.6 Å². The third-order valence-corrected chi connectivity index (χ3v) is 5.19. The zero-order chi connectivity index (χ0) is 28.0. The van der Waals surface area contributed by atoms with Gasteiger partial charge in [0.1, 0.15) is 17.3 Å². The van der Waals surface area contributed by atoms with Gasteiger partial charge in [0.2, 0.25) is 0 Å². The van der Waals surface area contributed by atoms with Crippen molar-refractivity contribution in [3.63, 3.8) is 0 Å². The van der Waals surface area contributed by atoms with Crippen molar-refractivity contribution >= 4 is 17.7 Å². The van der Waals surface area contributed by atoms with E-state index in [9.17, 15) is 37.1 Å². The van der Waals surface area contributed by atoms with Crippen molar-refractivity contribution < 1.29 is 41.7 Å². The molecule has 3 N–H and O–H groups in total. The number of aromatic nitrogens is 1. The topological polar surface area (TPSA) is 119 Å². The van der Waals surface area contributed by atoms with Gasteiger partial charge in [0.05, 0.1) is 19.1 Å². The van der Waals surface area contributed by atoms with Gasteiger partial charge in [0.25, 0.3) is 5.56 Å². The van der Waals surface area contributed by atoms with E-state index in [2.05, 4.69) is 15.4 Å². The molecule has 1 heterocycles. The zero-order valence-electron chi connectivity index (χ0n) is 20.1. The van der Waals surface area contributed by atoms with E-state index in [4.69, 9.17) is 4.74 Å². The molecular weight excluding hydrogens is 514 g/mol. The first-order chi connectivity index (χ1) is 17.9. The second kappa shape index (κ2) is 11.7. The van der Waals surface area contributed by atoms with Gasteiger partial charge in [0, 0.05) is 13.2 Å². The highest BCUT2D eigenvalue weighted by Gasteiger charge is 2.31. The summed E-state index contributed by atoms with van der Waals surface area (Å²) in [6, 6.07) is 7.31. The van der Waals surface area contributed by atoms with Gasteiger partial charge in [0.15, 0.2) is 5.69 Å². The number of alkyl halides is 3. The number of hydrogen-bond donors (Lipinski definition) is 3. The minimum Gasteiger partial charge on any atom is -0.505 e. The Morgan fingerprint density at radius 1 is 1.11 bits per heavy atom.